The number of aliphatic imine (C=N–C) groups is 1. The first-order valence-corrected chi connectivity index (χ1v) is 7.18. The first-order chi connectivity index (χ1) is 8.69. The fraction of sp³-hybridized carbons (Fsp3) is 0.933. The molecule has 4 nitrogen and oxygen atoms in total. The number of nitrogens with one attached hydrogen (secondary N) is 1. The van der Waals surface area contributed by atoms with Crippen molar-refractivity contribution in [3.8, 4) is 0 Å². The number of nitrogens with zero attached hydrogens (tertiary/aromatic N) is 2. The summed E-state index contributed by atoms with van der Waals surface area (Å²) in [5.74, 6) is 0.997. The van der Waals surface area contributed by atoms with E-state index in [1.807, 2.05) is 7.05 Å². The monoisotopic (exact) mass is 397 g/mol. The molecule has 0 bridgehead atoms. The third-order valence-electron chi connectivity index (χ3n) is 3.88. The van der Waals surface area contributed by atoms with Crippen LogP contribution in [0.2, 0.25) is 0 Å². The number of halogens is 1. The van der Waals surface area contributed by atoms with Gasteiger partial charge in [-0.05, 0) is 17.3 Å². The molecule has 0 amide bonds. The lowest BCUT2D eigenvalue weighted by Crippen LogP contribution is -2.46. The molecule has 1 atom stereocenters. The van der Waals surface area contributed by atoms with Crippen LogP contribution in [0.3, 0.4) is 0 Å². The van der Waals surface area contributed by atoms with E-state index in [-0.39, 0.29) is 35.5 Å². The summed E-state index contributed by atoms with van der Waals surface area (Å²) >= 11 is 0. The second kappa shape index (κ2) is 7.82. The summed E-state index contributed by atoms with van der Waals surface area (Å²) in [6.45, 7) is 14.2. The van der Waals surface area contributed by atoms with Gasteiger partial charge in [0.25, 0.3) is 0 Å². The molecule has 120 valence electrons. The summed E-state index contributed by atoms with van der Waals surface area (Å²) < 4.78 is 5.58. The van der Waals surface area contributed by atoms with E-state index in [4.69, 9.17) is 4.74 Å². The second-order valence-corrected chi connectivity index (χ2v) is 7.35. The van der Waals surface area contributed by atoms with Gasteiger partial charge in [0, 0.05) is 33.8 Å². The molecular formula is C15H32IN3O. The van der Waals surface area contributed by atoms with Crippen molar-refractivity contribution in [1.82, 2.24) is 10.2 Å². The summed E-state index contributed by atoms with van der Waals surface area (Å²) in [5.41, 5.74) is 0.521. The van der Waals surface area contributed by atoms with Crippen molar-refractivity contribution in [3.05, 3.63) is 0 Å². The van der Waals surface area contributed by atoms with Gasteiger partial charge in [-0.2, -0.15) is 0 Å². The summed E-state index contributed by atoms with van der Waals surface area (Å²) in [5, 5.41) is 3.46. The normalized spacial score (nSPS) is 20.6. The van der Waals surface area contributed by atoms with Crippen molar-refractivity contribution < 1.29 is 4.74 Å². The van der Waals surface area contributed by atoms with Gasteiger partial charge < -0.3 is 15.0 Å². The van der Waals surface area contributed by atoms with E-state index in [9.17, 15) is 0 Å². The molecule has 1 aliphatic heterocycles. The van der Waals surface area contributed by atoms with Gasteiger partial charge >= 0.3 is 0 Å². The van der Waals surface area contributed by atoms with E-state index in [1.165, 1.54) is 6.42 Å². The number of guanidine groups is 1. The van der Waals surface area contributed by atoms with Crippen molar-refractivity contribution in [1.29, 1.82) is 0 Å². The number of methoxy groups -OCH3 is 1. The van der Waals surface area contributed by atoms with Crippen molar-refractivity contribution in [3.63, 3.8) is 0 Å². The third kappa shape index (κ3) is 5.76. The van der Waals surface area contributed by atoms with Gasteiger partial charge in [0.15, 0.2) is 5.96 Å². The zero-order valence-corrected chi connectivity index (χ0v) is 16.4. The van der Waals surface area contributed by atoms with Gasteiger partial charge in [-0.15, -0.1) is 24.0 Å². The molecule has 5 heteroatoms. The van der Waals surface area contributed by atoms with Crippen LogP contribution in [0.5, 0.6) is 0 Å². The predicted molar refractivity (Wildman–Crippen MR) is 97.0 cm³/mol. The van der Waals surface area contributed by atoms with E-state index in [1.54, 1.807) is 7.11 Å². The van der Waals surface area contributed by atoms with Crippen LogP contribution in [-0.4, -0.2) is 50.8 Å². The lowest BCUT2D eigenvalue weighted by molar-refractivity contribution is 0.0202. The molecule has 0 saturated carbocycles. The van der Waals surface area contributed by atoms with E-state index in [2.05, 4.69) is 49.8 Å². The van der Waals surface area contributed by atoms with E-state index in [0.29, 0.717) is 5.41 Å². The maximum Gasteiger partial charge on any atom is 0.193 e. The molecule has 1 rings (SSSR count). The SMILES string of the molecule is CN=C(NCC(OC)C(C)(C)C)N1CCC(C)(C)C1.I. The minimum atomic E-state index is 0. The molecule has 1 unspecified atom stereocenters. The Morgan fingerprint density at radius 1 is 1.40 bits per heavy atom. The molecule has 0 aromatic rings. The van der Waals surface area contributed by atoms with Crippen LogP contribution < -0.4 is 5.32 Å². The van der Waals surface area contributed by atoms with Crippen molar-refractivity contribution in [2.24, 2.45) is 15.8 Å². The highest BCUT2D eigenvalue weighted by Gasteiger charge is 2.31. The van der Waals surface area contributed by atoms with Gasteiger partial charge in [0.2, 0.25) is 0 Å². The average molecular weight is 397 g/mol. The number of hydrogen-bond acceptors (Lipinski definition) is 2. The minimum absolute atomic E-state index is 0. The standard InChI is InChI=1S/C15H31N3O.HI/c1-14(2,3)12(19-7)10-17-13(16-6)18-9-8-15(4,5)11-18;/h12H,8-11H2,1-7H3,(H,16,17);1H. The van der Waals surface area contributed by atoms with Gasteiger partial charge in [-0.3, -0.25) is 4.99 Å². The van der Waals surface area contributed by atoms with Crippen LogP contribution in [-0.2, 0) is 4.74 Å². The molecule has 0 aliphatic carbocycles. The molecule has 1 aliphatic rings. The van der Waals surface area contributed by atoms with Gasteiger partial charge in [-0.1, -0.05) is 34.6 Å². The molecule has 1 saturated heterocycles. The summed E-state index contributed by atoms with van der Waals surface area (Å²) in [4.78, 5) is 6.74. The molecule has 0 aromatic carbocycles. The molecule has 1 N–H and O–H groups in total. The lowest BCUT2D eigenvalue weighted by atomic mass is 9.89. The Bertz CT molecular complexity index is 324. The summed E-state index contributed by atoms with van der Waals surface area (Å²) in [6, 6.07) is 0. The molecule has 20 heavy (non-hydrogen) atoms. The smallest absolute Gasteiger partial charge is 0.193 e. The zero-order chi connectivity index (χ0) is 14.7. The predicted octanol–water partition coefficient (Wildman–Crippen LogP) is 2.97. The number of ether oxygens (including phenoxy) is 1. The first-order valence-electron chi connectivity index (χ1n) is 7.18. The van der Waals surface area contributed by atoms with Crippen molar-refractivity contribution >= 4 is 29.9 Å². The van der Waals surface area contributed by atoms with Gasteiger partial charge in [-0.25, -0.2) is 0 Å². The first kappa shape index (κ1) is 20.0. The quantitative estimate of drug-likeness (QED) is 0.452. The molecule has 0 spiro atoms. The highest BCUT2D eigenvalue weighted by molar-refractivity contribution is 14.0. The van der Waals surface area contributed by atoms with Crippen molar-refractivity contribution in [2.45, 2.75) is 47.1 Å². The Hall–Kier alpha value is -0.0400. The highest BCUT2D eigenvalue weighted by atomic mass is 127. The Kier molecular flexibility index (Phi) is 7.81. The number of rotatable bonds is 3. The minimum Gasteiger partial charge on any atom is -0.379 e. The van der Waals surface area contributed by atoms with Crippen LogP contribution in [0.1, 0.15) is 41.0 Å². The average Bonchev–Trinajstić information content (AvgIpc) is 2.63. The topological polar surface area (TPSA) is 36.9 Å². The van der Waals surface area contributed by atoms with E-state index < -0.39 is 0 Å². The van der Waals surface area contributed by atoms with Gasteiger partial charge in [0.1, 0.15) is 0 Å². The van der Waals surface area contributed by atoms with Crippen LogP contribution in [0.15, 0.2) is 4.99 Å². The third-order valence-corrected chi connectivity index (χ3v) is 3.88. The maximum atomic E-state index is 5.58. The Morgan fingerprint density at radius 2 is 2.00 bits per heavy atom. The Labute approximate surface area is 141 Å². The van der Waals surface area contributed by atoms with Crippen LogP contribution in [0.25, 0.3) is 0 Å². The van der Waals surface area contributed by atoms with Crippen molar-refractivity contribution in [2.75, 3.05) is 33.8 Å². The highest BCUT2D eigenvalue weighted by Crippen LogP contribution is 2.28. The zero-order valence-electron chi connectivity index (χ0n) is 14.1. The molecule has 1 heterocycles. The Morgan fingerprint density at radius 3 is 2.35 bits per heavy atom. The van der Waals surface area contributed by atoms with E-state index >= 15 is 0 Å². The molecule has 0 aromatic heterocycles. The van der Waals surface area contributed by atoms with E-state index in [0.717, 1.165) is 25.6 Å². The summed E-state index contributed by atoms with van der Waals surface area (Å²) in [7, 11) is 3.63. The van der Waals surface area contributed by atoms with Gasteiger partial charge in [0.05, 0.1) is 6.10 Å². The number of hydrogen-bond donors (Lipinski definition) is 1. The van der Waals surface area contributed by atoms with Crippen LogP contribution in [0, 0.1) is 10.8 Å². The number of likely N-dealkylation sites (tertiary alicyclic amines) is 1. The van der Waals surface area contributed by atoms with Crippen LogP contribution >= 0.6 is 24.0 Å². The lowest BCUT2D eigenvalue weighted by Gasteiger charge is -2.31. The largest absolute Gasteiger partial charge is 0.379 e. The van der Waals surface area contributed by atoms with Crippen LogP contribution in [0.4, 0.5) is 0 Å². The maximum absolute atomic E-state index is 5.58. The molecule has 1 fully saturated rings. The fourth-order valence-electron chi connectivity index (χ4n) is 2.55. The fourth-order valence-corrected chi connectivity index (χ4v) is 2.55. The molecular weight excluding hydrogens is 365 g/mol. The Balaban J connectivity index is 0.00000361. The second-order valence-electron chi connectivity index (χ2n) is 7.35. The molecule has 0 radical (unpaired) electrons. The summed E-state index contributed by atoms with van der Waals surface area (Å²) in [6.07, 6.45) is 1.40.